The van der Waals surface area contributed by atoms with Crippen molar-refractivity contribution in [3.8, 4) is 0 Å². The Bertz CT molecular complexity index is 1030. The van der Waals surface area contributed by atoms with Crippen LogP contribution in [0.15, 0.2) is 48.5 Å². The van der Waals surface area contributed by atoms with Crippen molar-refractivity contribution in [2.24, 2.45) is 5.92 Å². The number of sulfonamides is 1. The Labute approximate surface area is 177 Å². The Hall–Kier alpha value is -2.45. The number of hydrogen-bond acceptors (Lipinski definition) is 5. The quantitative estimate of drug-likeness (QED) is 0.779. The van der Waals surface area contributed by atoms with Gasteiger partial charge in [-0.15, -0.1) is 0 Å². The minimum Gasteiger partial charge on any atom is -0.385 e. The lowest BCUT2D eigenvalue weighted by molar-refractivity contribution is -0.110. The standard InChI is InChI=1S/C22H27N3O4S/c1-30(28,29)24-20-13-7-11-18(23-20)21(26)25-15-14-22(27,16-8-3-2-4-9-16)17-10-5-6-12-19(17)25/h2-4,7-9,11,13,17,19,27H,5-6,10,12,14-15H2,1H3,(H,23,24)/t17-,19?,22-/m0/s1. The molecule has 7 nitrogen and oxygen atoms in total. The van der Waals surface area contributed by atoms with Gasteiger partial charge in [0.1, 0.15) is 11.5 Å². The summed E-state index contributed by atoms with van der Waals surface area (Å²) in [4.78, 5) is 19.4. The van der Waals surface area contributed by atoms with Crippen molar-refractivity contribution in [2.45, 2.75) is 43.7 Å². The summed E-state index contributed by atoms with van der Waals surface area (Å²) < 4.78 is 25.3. The lowest BCUT2D eigenvalue weighted by Gasteiger charge is -2.52. The number of piperidine rings is 1. The number of carbonyl (C=O) groups is 1. The van der Waals surface area contributed by atoms with Crippen LogP contribution in [0.2, 0.25) is 0 Å². The van der Waals surface area contributed by atoms with Crippen molar-refractivity contribution < 1.29 is 18.3 Å². The number of anilines is 1. The van der Waals surface area contributed by atoms with Crippen LogP contribution in [0, 0.1) is 5.92 Å². The molecular weight excluding hydrogens is 402 g/mol. The molecule has 160 valence electrons. The summed E-state index contributed by atoms with van der Waals surface area (Å²) in [7, 11) is -3.48. The van der Waals surface area contributed by atoms with Gasteiger partial charge in [-0.25, -0.2) is 13.4 Å². The number of nitrogens with one attached hydrogen (secondary N) is 1. The number of nitrogens with zero attached hydrogens (tertiary/aromatic N) is 2. The lowest BCUT2D eigenvalue weighted by atomic mass is 9.66. The topological polar surface area (TPSA) is 99.6 Å². The molecule has 1 aromatic carbocycles. The van der Waals surface area contributed by atoms with E-state index in [0.717, 1.165) is 37.5 Å². The van der Waals surface area contributed by atoms with E-state index in [2.05, 4.69) is 9.71 Å². The maximum atomic E-state index is 13.3. The van der Waals surface area contributed by atoms with Crippen molar-refractivity contribution in [1.29, 1.82) is 0 Å². The average Bonchev–Trinajstić information content (AvgIpc) is 2.73. The number of fused-ring (bicyclic) bond motifs is 1. The summed E-state index contributed by atoms with van der Waals surface area (Å²) in [5.41, 5.74) is 0.167. The van der Waals surface area contributed by atoms with Gasteiger partial charge in [-0.05, 0) is 37.0 Å². The molecule has 0 bridgehead atoms. The van der Waals surface area contributed by atoms with E-state index in [1.807, 2.05) is 35.2 Å². The van der Waals surface area contributed by atoms with E-state index in [-0.39, 0.29) is 29.4 Å². The summed E-state index contributed by atoms with van der Waals surface area (Å²) in [5.74, 6) is -0.135. The molecule has 2 aromatic rings. The number of aromatic nitrogens is 1. The number of benzene rings is 1. The Morgan fingerprint density at radius 3 is 2.60 bits per heavy atom. The molecule has 30 heavy (non-hydrogen) atoms. The van der Waals surface area contributed by atoms with Crippen molar-refractivity contribution >= 4 is 21.7 Å². The zero-order valence-electron chi connectivity index (χ0n) is 17.0. The van der Waals surface area contributed by atoms with Crippen molar-refractivity contribution in [2.75, 3.05) is 17.5 Å². The SMILES string of the molecule is CS(=O)(=O)Nc1cccc(C(=O)N2CC[C@](O)(c3ccccc3)[C@H]3CCCCC32)n1. The summed E-state index contributed by atoms with van der Waals surface area (Å²) in [6, 6.07) is 14.4. The van der Waals surface area contributed by atoms with Crippen LogP contribution in [-0.4, -0.2) is 48.2 Å². The molecule has 1 unspecified atom stereocenters. The predicted octanol–water partition coefficient (Wildman–Crippen LogP) is 2.75. The molecule has 2 heterocycles. The van der Waals surface area contributed by atoms with E-state index in [0.29, 0.717) is 13.0 Å². The highest BCUT2D eigenvalue weighted by molar-refractivity contribution is 7.92. The molecule has 1 aliphatic carbocycles. The van der Waals surface area contributed by atoms with Gasteiger partial charge >= 0.3 is 0 Å². The third kappa shape index (κ3) is 4.06. The fourth-order valence-corrected chi connectivity index (χ4v) is 5.46. The second-order valence-corrected chi connectivity index (χ2v) is 10.0. The molecule has 8 heteroatoms. The summed E-state index contributed by atoms with van der Waals surface area (Å²) in [5, 5.41) is 11.6. The van der Waals surface area contributed by atoms with Gasteiger partial charge in [0.15, 0.2) is 0 Å². The van der Waals surface area contributed by atoms with Gasteiger partial charge in [0.25, 0.3) is 5.91 Å². The molecule has 3 atom stereocenters. The third-order valence-corrected chi connectivity index (χ3v) is 6.85. The lowest BCUT2D eigenvalue weighted by Crippen LogP contribution is -2.59. The van der Waals surface area contributed by atoms with E-state index < -0.39 is 15.6 Å². The first-order chi connectivity index (χ1) is 14.3. The normalized spacial score (nSPS) is 26.7. The van der Waals surface area contributed by atoms with E-state index in [9.17, 15) is 18.3 Å². The number of aliphatic hydroxyl groups is 1. The van der Waals surface area contributed by atoms with Gasteiger partial charge in [0, 0.05) is 18.5 Å². The highest BCUT2D eigenvalue weighted by atomic mass is 32.2. The Morgan fingerprint density at radius 1 is 1.13 bits per heavy atom. The fraction of sp³-hybridized carbons (Fsp3) is 0.455. The number of pyridine rings is 1. The number of amides is 1. The van der Waals surface area contributed by atoms with Gasteiger partial charge in [-0.3, -0.25) is 9.52 Å². The number of rotatable bonds is 4. The maximum absolute atomic E-state index is 13.3. The van der Waals surface area contributed by atoms with Gasteiger partial charge < -0.3 is 10.0 Å². The van der Waals surface area contributed by atoms with Crippen LogP contribution >= 0.6 is 0 Å². The highest BCUT2D eigenvalue weighted by Gasteiger charge is 2.50. The van der Waals surface area contributed by atoms with Crippen LogP contribution in [0.3, 0.4) is 0 Å². The second-order valence-electron chi connectivity index (χ2n) is 8.28. The molecule has 1 saturated carbocycles. The average molecular weight is 430 g/mol. The van der Waals surface area contributed by atoms with Crippen molar-refractivity contribution in [3.05, 3.63) is 59.8 Å². The van der Waals surface area contributed by atoms with E-state index in [4.69, 9.17) is 0 Å². The van der Waals surface area contributed by atoms with Crippen molar-refractivity contribution in [1.82, 2.24) is 9.88 Å². The Kier molecular flexibility index (Phi) is 5.55. The Balaban J connectivity index is 1.62. The van der Waals surface area contributed by atoms with Gasteiger partial charge in [0.05, 0.1) is 11.9 Å². The van der Waals surface area contributed by atoms with Crippen molar-refractivity contribution in [3.63, 3.8) is 0 Å². The van der Waals surface area contributed by atoms with E-state index in [1.165, 1.54) is 6.07 Å². The number of carbonyl (C=O) groups excluding carboxylic acids is 1. The first-order valence-electron chi connectivity index (χ1n) is 10.3. The molecule has 0 spiro atoms. The maximum Gasteiger partial charge on any atom is 0.272 e. The minimum atomic E-state index is -3.48. The largest absolute Gasteiger partial charge is 0.385 e. The first-order valence-corrected chi connectivity index (χ1v) is 12.2. The molecule has 4 rings (SSSR count). The van der Waals surface area contributed by atoms with Crippen LogP contribution in [0.5, 0.6) is 0 Å². The van der Waals surface area contributed by atoms with Gasteiger partial charge in [-0.2, -0.15) is 0 Å². The van der Waals surface area contributed by atoms with Crippen LogP contribution < -0.4 is 4.72 Å². The Morgan fingerprint density at radius 2 is 1.87 bits per heavy atom. The zero-order chi connectivity index (χ0) is 21.4. The number of likely N-dealkylation sites (tertiary alicyclic amines) is 1. The van der Waals surface area contributed by atoms with Crippen LogP contribution in [0.4, 0.5) is 5.82 Å². The second kappa shape index (κ2) is 8.00. The molecule has 1 saturated heterocycles. The van der Waals surface area contributed by atoms with Crippen LogP contribution in [0.1, 0.15) is 48.2 Å². The van der Waals surface area contributed by atoms with Crippen LogP contribution in [0.25, 0.3) is 0 Å². The molecule has 2 aliphatic rings. The van der Waals surface area contributed by atoms with Gasteiger partial charge in [-0.1, -0.05) is 49.2 Å². The van der Waals surface area contributed by atoms with E-state index in [1.54, 1.807) is 12.1 Å². The highest BCUT2D eigenvalue weighted by Crippen LogP contribution is 2.47. The zero-order valence-corrected chi connectivity index (χ0v) is 17.8. The number of hydrogen-bond donors (Lipinski definition) is 2. The fourth-order valence-electron chi connectivity index (χ4n) is 4.97. The molecule has 1 aliphatic heterocycles. The monoisotopic (exact) mass is 429 g/mol. The molecule has 2 fully saturated rings. The molecule has 0 radical (unpaired) electrons. The predicted molar refractivity (Wildman–Crippen MR) is 114 cm³/mol. The smallest absolute Gasteiger partial charge is 0.272 e. The summed E-state index contributed by atoms with van der Waals surface area (Å²) in [6.45, 7) is 0.427. The summed E-state index contributed by atoms with van der Waals surface area (Å²) >= 11 is 0. The summed E-state index contributed by atoms with van der Waals surface area (Å²) in [6.07, 6.45) is 5.26. The van der Waals surface area contributed by atoms with E-state index >= 15 is 0 Å². The minimum absolute atomic E-state index is 0.0383. The molecule has 1 amide bonds. The molecule has 2 N–H and O–H groups in total. The van der Waals surface area contributed by atoms with Crippen LogP contribution in [-0.2, 0) is 15.6 Å². The first kappa shape index (κ1) is 20.8. The molecular formula is C22H27N3O4S. The third-order valence-electron chi connectivity index (χ3n) is 6.27. The molecule has 1 aromatic heterocycles. The van der Waals surface area contributed by atoms with Gasteiger partial charge in [0.2, 0.25) is 10.0 Å².